The lowest BCUT2D eigenvalue weighted by Crippen LogP contribution is -2.37. The largest absolute Gasteiger partial charge is 0.416 e. The molecule has 0 fully saturated rings. The number of likely N-dealkylation sites (N-methyl/N-ethyl adjacent to an activating group) is 1. The van der Waals surface area contributed by atoms with Crippen LogP contribution in [0.2, 0.25) is 0 Å². The lowest BCUT2D eigenvalue weighted by Gasteiger charge is -2.33. The summed E-state index contributed by atoms with van der Waals surface area (Å²) in [6, 6.07) is 0. The normalized spacial score (nSPS) is 20.5. The van der Waals surface area contributed by atoms with Crippen LogP contribution in [0.1, 0.15) is 48.0 Å². The van der Waals surface area contributed by atoms with Crippen molar-refractivity contribution in [3.63, 3.8) is 0 Å². The van der Waals surface area contributed by atoms with Crippen LogP contribution < -0.4 is 0 Å². The van der Waals surface area contributed by atoms with Crippen molar-refractivity contribution in [3.05, 3.63) is 58.2 Å². The van der Waals surface area contributed by atoms with Crippen molar-refractivity contribution in [2.45, 2.75) is 60.3 Å². The molecule has 0 aromatic rings. The lowest BCUT2D eigenvalue weighted by atomic mass is 9.80. The van der Waals surface area contributed by atoms with Gasteiger partial charge in [0, 0.05) is 19.0 Å². The standard InChI is InChI=1S/C27H38F6N2O/c1-9-20(12-18(4)5)23(11-10-17(2)3)25(34-36-8)16-35(7)15-21-13-22(26(28,29)30)14-24(19(21)6)27(31,32)33/h9-10,12-14,19,23-24H,11,15-16H2,1-8H3/b20-9+,34-25+. The maximum atomic E-state index is 13.6. The highest BCUT2D eigenvalue weighted by Crippen LogP contribution is 2.43. The van der Waals surface area contributed by atoms with E-state index in [1.54, 1.807) is 11.9 Å². The Balaban J connectivity index is 3.33. The van der Waals surface area contributed by atoms with Gasteiger partial charge in [0.25, 0.3) is 0 Å². The number of hydrogen-bond donors (Lipinski definition) is 0. The Hall–Kier alpha value is -2.29. The fourth-order valence-electron chi connectivity index (χ4n) is 4.19. The molecule has 36 heavy (non-hydrogen) atoms. The average Bonchev–Trinajstić information content (AvgIpc) is 2.72. The van der Waals surface area contributed by atoms with Gasteiger partial charge in [-0.3, -0.25) is 4.90 Å². The van der Waals surface area contributed by atoms with Crippen LogP contribution in [0.4, 0.5) is 26.3 Å². The molecule has 0 aromatic heterocycles. The molecule has 0 saturated carbocycles. The van der Waals surface area contributed by atoms with E-state index in [1.165, 1.54) is 14.0 Å². The summed E-state index contributed by atoms with van der Waals surface area (Å²) in [6.45, 7) is 11.3. The molecule has 0 aliphatic heterocycles. The number of allylic oxidation sites excluding steroid dienone is 9. The Morgan fingerprint density at radius 2 is 1.72 bits per heavy atom. The first kappa shape index (κ1) is 31.7. The van der Waals surface area contributed by atoms with Crippen LogP contribution in [0.15, 0.2) is 63.4 Å². The Labute approximate surface area is 210 Å². The fraction of sp³-hybridized carbons (Fsp3) is 0.593. The minimum absolute atomic E-state index is 0.0721. The summed E-state index contributed by atoms with van der Waals surface area (Å²) in [5.74, 6) is -3.50. The van der Waals surface area contributed by atoms with Gasteiger partial charge in [0.2, 0.25) is 0 Å². The molecule has 0 spiro atoms. The molecule has 3 unspecified atom stereocenters. The minimum Gasteiger partial charge on any atom is -0.399 e. The number of rotatable bonds is 10. The van der Waals surface area contributed by atoms with Crippen LogP contribution in [-0.2, 0) is 4.84 Å². The van der Waals surface area contributed by atoms with Crippen molar-refractivity contribution in [2.75, 3.05) is 27.2 Å². The SMILES string of the molecule is C/C=C(\C=C(C)C)C(CC=C(C)C)/C(CN(C)CC1=CC(C(F)(F)F)=CC(C(F)(F)F)C1C)=N/OC. The van der Waals surface area contributed by atoms with Crippen molar-refractivity contribution < 1.29 is 31.2 Å². The molecule has 0 amide bonds. The molecule has 3 nitrogen and oxygen atoms in total. The zero-order valence-electron chi connectivity index (χ0n) is 22.3. The molecular formula is C27H38F6N2O. The van der Waals surface area contributed by atoms with E-state index in [1.807, 2.05) is 46.8 Å². The van der Waals surface area contributed by atoms with Crippen molar-refractivity contribution in [1.82, 2.24) is 4.90 Å². The molecule has 204 valence electrons. The Morgan fingerprint density at radius 3 is 2.17 bits per heavy atom. The third-order valence-corrected chi connectivity index (χ3v) is 5.98. The average molecular weight is 521 g/mol. The topological polar surface area (TPSA) is 24.8 Å². The summed E-state index contributed by atoms with van der Waals surface area (Å²) in [5, 5.41) is 4.22. The van der Waals surface area contributed by atoms with E-state index in [0.29, 0.717) is 18.2 Å². The van der Waals surface area contributed by atoms with Gasteiger partial charge in [0.05, 0.1) is 17.2 Å². The van der Waals surface area contributed by atoms with Crippen molar-refractivity contribution in [1.29, 1.82) is 0 Å². The van der Waals surface area contributed by atoms with Crippen LogP contribution in [0.3, 0.4) is 0 Å². The summed E-state index contributed by atoms with van der Waals surface area (Å²) >= 11 is 0. The molecule has 0 bridgehead atoms. The van der Waals surface area contributed by atoms with Gasteiger partial charge in [-0.2, -0.15) is 26.3 Å². The first-order valence-corrected chi connectivity index (χ1v) is 11.8. The molecular weight excluding hydrogens is 482 g/mol. The maximum absolute atomic E-state index is 13.6. The summed E-state index contributed by atoms with van der Waals surface area (Å²) in [7, 11) is 3.06. The number of alkyl halides is 6. The smallest absolute Gasteiger partial charge is 0.399 e. The predicted octanol–water partition coefficient (Wildman–Crippen LogP) is 8.05. The Morgan fingerprint density at radius 1 is 1.11 bits per heavy atom. The van der Waals surface area contributed by atoms with E-state index >= 15 is 0 Å². The van der Waals surface area contributed by atoms with Gasteiger partial charge in [-0.15, -0.1) is 0 Å². The first-order chi connectivity index (χ1) is 16.5. The predicted molar refractivity (Wildman–Crippen MR) is 134 cm³/mol. The second-order valence-corrected chi connectivity index (χ2v) is 9.71. The van der Waals surface area contributed by atoms with Crippen LogP contribution in [0.5, 0.6) is 0 Å². The van der Waals surface area contributed by atoms with Gasteiger partial charge in [-0.25, -0.2) is 0 Å². The summed E-state index contributed by atoms with van der Waals surface area (Å²) in [6.07, 6.45) is -1.81. The van der Waals surface area contributed by atoms with Crippen LogP contribution >= 0.6 is 0 Å². The molecule has 0 saturated heterocycles. The van der Waals surface area contributed by atoms with E-state index in [-0.39, 0.29) is 24.6 Å². The van der Waals surface area contributed by atoms with Crippen LogP contribution in [0, 0.1) is 17.8 Å². The Bertz CT molecular complexity index is 927. The van der Waals surface area contributed by atoms with Gasteiger partial charge in [-0.05, 0) is 65.7 Å². The second kappa shape index (κ2) is 13.3. The molecule has 3 atom stereocenters. The molecule has 1 aliphatic rings. The molecule has 0 N–H and O–H groups in total. The Kier molecular flexibility index (Phi) is 11.7. The molecule has 0 heterocycles. The molecule has 1 aliphatic carbocycles. The number of oxime groups is 1. The monoisotopic (exact) mass is 520 g/mol. The highest BCUT2D eigenvalue weighted by Gasteiger charge is 2.47. The van der Waals surface area contributed by atoms with Gasteiger partial charge < -0.3 is 4.84 Å². The highest BCUT2D eigenvalue weighted by atomic mass is 19.4. The van der Waals surface area contributed by atoms with E-state index in [4.69, 9.17) is 4.84 Å². The van der Waals surface area contributed by atoms with E-state index < -0.39 is 29.8 Å². The number of hydrogen-bond acceptors (Lipinski definition) is 3. The zero-order chi connectivity index (χ0) is 27.8. The quantitative estimate of drug-likeness (QED) is 0.0957. The highest BCUT2D eigenvalue weighted by molar-refractivity contribution is 5.91. The lowest BCUT2D eigenvalue weighted by molar-refractivity contribution is -0.171. The first-order valence-electron chi connectivity index (χ1n) is 11.8. The van der Waals surface area contributed by atoms with Crippen LogP contribution in [0.25, 0.3) is 0 Å². The van der Waals surface area contributed by atoms with Gasteiger partial charge in [0.15, 0.2) is 0 Å². The molecule has 1 rings (SSSR count). The number of nitrogens with zero attached hydrogens (tertiary/aromatic N) is 2. The molecule has 0 aromatic carbocycles. The van der Waals surface area contributed by atoms with Crippen molar-refractivity contribution in [3.8, 4) is 0 Å². The summed E-state index contributed by atoms with van der Waals surface area (Å²) in [5.41, 5.74) is 2.64. The second-order valence-electron chi connectivity index (χ2n) is 9.71. The third kappa shape index (κ3) is 9.64. The van der Waals surface area contributed by atoms with Gasteiger partial charge in [0.1, 0.15) is 7.11 Å². The molecule has 9 heteroatoms. The van der Waals surface area contributed by atoms with Crippen molar-refractivity contribution >= 4 is 5.71 Å². The van der Waals surface area contributed by atoms with Gasteiger partial charge >= 0.3 is 12.4 Å². The molecule has 0 radical (unpaired) electrons. The van der Waals surface area contributed by atoms with Crippen molar-refractivity contribution in [2.24, 2.45) is 22.9 Å². The maximum Gasteiger partial charge on any atom is 0.416 e. The zero-order valence-corrected chi connectivity index (χ0v) is 22.3. The van der Waals surface area contributed by atoms with Gasteiger partial charge in [-0.1, -0.05) is 53.1 Å². The third-order valence-electron chi connectivity index (χ3n) is 5.98. The number of halogens is 6. The van der Waals surface area contributed by atoms with E-state index in [9.17, 15) is 26.3 Å². The summed E-state index contributed by atoms with van der Waals surface area (Å²) < 4.78 is 80.8. The fourth-order valence-corrected chi connectivity index (χ4v) is 4.19. The van der Waals surface area contributed by atoms with E-state index in [2.05, 4.69) is 11.2 Å². The summed E-state index contributed by atoms with van der Waals surface area (Å²) in [4.78, 5) is 6.78. The minimum atomic E-state index is -4.86. The van der Waals surface area contributed by atoms with E-state index in [0.717, 1.165) is 22.8 Å². The van der Waals surface area contributed by atoms with Crippen LogP contribution in [-0.4, -0.2) is 50.2 Å².